The molecule has 358 valence electrons. The number of methoxy groups -OCH3 is 1. The van der Waals surface area contributed by atoms with Crippen molar-refractivity contribution >= 4 is 35.8 Å². The van der Waals surface area contributed by atoms with Crippen molar-refractivity contribution in [1.82, 2.24) is 20.9 Å². The van der Waals surface area contributed by atoms with Gasteiger partial charge in [-0.05, 0) is 132 Å². The van der Waals surface area contributed by atoms with Crippen molar-refractivity contribution in [3.05, 3.63) is 24.4 Å². The number of thioether (sulfide) groups is 1. The predicted molar refractivity (Wildman–Crippen MR) is 260 cm³/mol. The van der Waals surface area contributed by atoms with E-state index in [4.69, 9.17) is 16.9 Å². The second-order valence-corrected chi connectivity index (χ2v) is 18.0. The van der Waals surface area contributed by atoms with Crippen LogP contribution in [0.5, 0.6) is 0 Å². The van der Waals surface area contributed by atoms with Crippen molar-refractivity contribution < 1.29 is 28.7 Å². The van der Waals surface area contributed by atoms with Crippen molar-refractivity contribution in [2.24, 2.45) is 46.7 Å². The smallest absolute Gasteiger partial charge is 0.269 e. The first-order chi connectivity index (χ1) is 29.5. The van der Waals surface area contributed by atoms with E-state index in [0.717, 1.165) is 73.4 Å². The van der Waals surface area contributed by atoms with E-state index in [1.54, 1.807) is 30.8 Å². The van der Waals surface area contributed by atoms with Crippen LogP contribution >= 0.6 is 11.8 Å². The van der Waals surface area contributed by atoms with Gasteiger partial charge < -0.3 is 30.6 Å². The normalized spacial score (nSPS) is 28.9. The second kappa shape index (κ2) is 32.9. The Labute approximate surface area is 383 Å². The molecule has 62 heavy (non-hydrogen) atoms. The topological polar surface area (TPSA) is 152 Å². The molecule has 12 heteroatoms. The molecule has 6 rings (SSSR count). The maximum atomic E-state index is 13.2. The SMILES string of the molecule is C.C#CCC(NC)NC(=O)C1=C(C)CSC2C(NC(=O)CCCC3CCC4C5CCC6CCCC[C@H]6C5CCC34C)C(=O)N12.C=C.CC.CCC=O.CCOC.CCOCCN. The van der Waals surface area contributed by atoms with Crippen LogP contribution in [0, 0.1) is 53.3 Å². The summed E-state index contributed by atoms with van der Waals surface area (Å²) in [4.78, 5) is 50.1. The van der Waals surface area contributed by atoms with Crippen molar-refractivity contribution in [3.63, 3.8) is 0 Å². The van der Waals surface area contributed by atoms with Gasteiger partial charge in [0.1, 0.15) is 23.4 Å². The van der Waals surface area contributed by atoms with Crippen LogP contribution in [0.1, 0.15) is 152 Å². The summed E-state index contributed by atoms with van der Waals surface area (Å²) in [6.07, 6.45) is 23.7. The number of nitrogens with zero attached hydrogens (tertiary/aromatic N) is 1. The molecule has 0 bridgehead atoms. The maximum Gasteiger partial charge on any atom is 0.269 e. The van der Waals surface area contributed by atoms with Crippen LogP contribution in [0.25, 0.3) is 0 Å². The summed E-state index contributed by atoms with van der Waals surface area (Å²) in [7, 11) is 3.42. The molecule has 0 spiro atoms. The highest BCUT2D eigenvalue weighted by Gasteiger charge is 2.57. The number of carbonyl (C=O) groups excluding carboxylic acids is 4. The lowest BCUT2D eigenvalue weighted by Crippen LogP contribution is -2.71. The highest BCUT2D eigenvalue weighted by molar-refractivity contribution is 8.00. The molecule has 4 aliphatic carbocycles. The molecule has 5 N–H and O–H groups in total. The van der Waals surface area contributed by atoms with Crippen LogP contribution in [-0.4, -0.2) is 92.8 Å². The van der Waals surface area contributed by atoms with Gasteiger partial charge in [0, 0.05) is 51.9 Å². The first-order valence-electron chi connectivity index (χ1n) is 23.6. The Hall–Kier alpha value is -2.69. The molecule has 11 nitrogen and oxygen atoms in total. The van der Waals surface area contributed by atoms with Crippen molar-refractivity contribution in [1.29, 1.82) is 0 Å². The summed E-state index contributed by atoms with van der Waals surface area (Å²) in [5.41, 5.74) is 6.78. The number of amides is 3. The van der Waals surface area contributed by atoms with Gasteiger partial charge in [0.15, 0.2) is 0 Å². The second-order valence-electron chi connectivity index (χ2n) is 16.9. The number of hydrogen-bond acceptors (Lipinski definition) is 9. The van der Waals surface area contributed by atoms with E-state index in [1.165, 1.54) is 64.2 Å². The van der Waals surface area contributed by atoms with Crippen LogP contribution in [0.4, 0.5) is 0 Å². The number of nitrogens with one attached hydrogen (secondary N) is 3. The van der Waals surface area contributed by atoms with Gasteiger partial charge in [-0.25, -0.2) is 0 Å². The molecule has 5 fully saturated rings. The first kappa shape index (κ1) is 59.3. The number of nitrogens with two attached hydrogens (primary N) is 1. The molecule has 0 radical (unpaired) electrons. The summed E-state index contributed by atoms with van der Waals surface area (Å²) >= 11 is 1.61. The van der Waals surface area contributed by atoms with Crippen LogP contribution in [0.3, 0.4) is 0 Å². The number of aldehydes is 1. The number of terminal acetylenes is 1. The zero-order valence-electron chi connectivity index (χ0n) is 39.8. The monoisotopic (exact) mass is 890 g/mol. The number of ether oxygens (including phenoxy) is 2. The summed E-state index contributed by atoms with van der Waals surface area (Å²) in [5.74, 6) is 8.20. The summed E-state index contributed by atoms with van der Waals surface area (Å²) < 4.78 is 9.40. The minimum Gasteiger partial charge on any atom is -0.385 e. The van der Waals surface area contributed by atoms with E-state index >= 15 is 0 Å². The lowest BCUT2D eigenvalue weighted by molar-refractivity contribution is -0.148. The Morgan fingerprint density at radius 3 is 2.27 bits per heavy atom. The fourth-order valence-electron chi connectivity index (χ4n) is 10.8. The minimum atomic E-state index is -0.572. The highest BCUT2D eigenvalue weighted by atomic mass is 32.2. The summed E-state index contributed by atoms with van der Waals surface area (Å²) in [6, 6.07) is -0.572. The Balaban J connectivity index is 0.00000168. The molecule has 1 saturated heterocycles. The standard InChI is InChI=1S/C35H52N4O3S.C4H11NO.C3H8O.C3H6O.C2H6.C2H4.CH4/c1-5-9-28(36-4)37-32(41)31-21(2)20-43-34-30(33(42)39(31)34)38-29(40)13-8-11-23-15-17-27-26-16-14-22-10-6-7-12-24(22)25(26)18-19-35(23,27)3;1-2-6-4-3-5;1-3-4-2;1-2-3-4;2*1-2;/h1,22-28,30,34,36H,6-20H2,2-4H3,(H,37,41)(H,38,40);2-5H2,1H3;3H2,1-2H3;3H,2H2,1H3;1-2H3;1-2H2;1H4/t22?,23?,24-,25?,26?,27?,28?,30?,34?,35?;;;;;;/m1....../s1. The lowest BCUT2D eigenvalue weighted by Gasteiger charge is -2.56. The Kier molecular flexibility index (Phi) is 31.5. The molecule has 3 amide bonds. The van der Waals surface area contributed by atoms with E-state index in [0.29, 0.717) is 49.3 Å². The number of fused-ring (bicyclic) bond motifs is 6. The van der Waals surface area contributed by atoms with E-state index in [2.05, 4.69) is 46.7 Å². The number of hydrogen-bond donors (Lipinski definition) is 4. The predicted octanol–water partition coefficient (Wildman–Crippen LogP) is 8.87. The van der Waals surface area contributed by atoms with Crippen molar-refractivity contribution in [2.75, 3.05) is 46.3 Å². The van der Waals surface area contributed by atoms with Crippen molar-refractivity contribution in [3.8, 4) is 12.3 Å². The third-order valence-corrected chi connectivity index (χ3v) is 15.0. The Morgan fingerprint density at radius 1 is 1.05 bits per heavy atom. The fourth-order valence-corrected chi connectivity index (χ4v) is 12.0. The van der Waals surface area contributed by atoms with Crippen LogP contribution in [0.15, 0.2) is 24.4 Å². The van der Waals surface area contributed by atoms with Crippen LogP contribution in [-0.2, 0) is 28.7 Å². The van der Waals surface area contributed by atoms with Gasteiger partial charge in [0.2, 0.25) is 5.91 Å². The zero-order valence-corrected chi connectivity index (χ0v) is 40.6. The molecular formula is C50H91N5O6S. The largest absolute Gasteiger partial charge is 0.385 e. The maximum absolute atomic E-state index is 13.2. The van der Waals surface area contributed by atoms with Gasteiger partial charge in [-0.1, -0.05) is 54.4 Å². The number of rotatable bonds is 14. The van der Waals surface area contributed by atoms with Crippen LogP contribution < -0.4 is 21.7 Å². The molecule has 10 atom stereocenters. The highest BCUT2D eigenvalue weighted by Crippen LogP contribution is 2.64. The molecule has 0 aromatic rings. The summed E-state index contributed by atoms with van der Waals surface area (Å²) in [6.45, 7) is 23.1. The minimum absolute atomic E-state index is 0. The van der Waals surface area contributed by atoms with E-state index in [1.807, 2.05) is 41.5 Å². The zero-order chi connectivity index (χ0) is 46.0. The Morgan fingerprint density at radius 2 is 1.71 bits per heavy atom. The van der Waals surface area contributed by atoms with Crippen molar-refractivity contribution in [2.45, 2.75) is 170 Å². The van der Waals surface area contributed by atoms with Gasteiger partial charge >= 0.3 is 0 Å². The lowest BCUT2D eigenvalue weighted by atomic mass is 9.49. The fraction of sp³-hybridized carbons (Fsp3) is 0.800. The number of carbonyl (C=O) groups is 4. The molecule has 0 aromatic carbocycles. The third-order valence-electron chi connectivity index (χ3n) is 13.6. The number of β-lactam (4-membered cyclic amide) rings is 1. The molecule has 2 aliphatic heterocycles. The molecule has 2 heterocycles. The van der Waals surface area contributed by atoms with Gasteiger partial charge in [-0.3, -0.25) is 24.6 Å². The molecule has 4 saturated carbocycles. The quantitative estimate of drug-likeness (QED) is 0.0335. The van der Waals surface area contributed by atoms with Gasteiger partial charge in [-0.15, -0.1) is 37.3 Å². The first-order valence-corrected chi connectivity index (χ1v) is 24.6. The van der Waals surface area contributed by atoms with Gasteiger partial charge in [0.05, 0.1) is 12.8 Å². The molecule has 0 aromatic heterocycles. The van der Waals surface area contributed by atoms with E-state index < -0.39 is 6.04 Å². The molecular weight excluding hydrogens is 799 g/mol. The third kappa shape index (κ3) is 16.4. The van der Waals surface area contributed by atoms with Gasteiger partial charge in [0.25, 0.3) is 11.8 Å². The average Bonchev–Trinajstić information content (AvgIpc) is 3.64. The van der Waals surface area contributed by atoms with Gasteiger partial charge in [-0.2, -0.15) is 0 Å². The average molecular weight is 890 g/mol. The molecule has 6 aliphatic rings. The molecule has 9 unspecified atom stereocenters. The summed E-state index contributed by atoms with van der Waals surface area (Å²) in [5, 5.41) is 8.67. The van der Waals surface area contributed by atoms with E-state index in [9.17, 15) is 19.2 Å². The van der Waals surface area contributed by atoms with Crippen LogP contribution in [0.2, 0.25) is 0 Å². The Bertz CT molecular complexity index is 1370. The van der Waals surface area contributed by atoms with E-state index in [-0.39, 0.29) is 36.7 Å².